The topological polar surface area (TPSA) is 12.0 Å². The van der Waals surface area contributed by atoms with Gasteiger partial charge in [-0.05, 0) is 37.4 Å². The van der Waals surface area contributed by atoms with Crippen LogP contribution in [0.15, 0.2) is 34.6 Å². The highest BCUT2D eigenvalue weighted by Crippen LogP contribution is 2.28. The zero-order chi connectivity index (χ0) is 14.6. The summed E-state index contributed by atoms with van der Waals surface area (Å²) in [5, 5.41) is 3.10. The van der Waals surface area contributed by atoms with Crippen molar-refractivity contribution < 1.29 is 0 Å². The molecule has 18 heavy (non-hydrogen) atoms. The molecule has 0 bridgehead atoms. The van der Waals surface area contributed by atoms with E-state index in [1.807, 2.05) is 34.7 Å². The fourth-order valence-electron chi connectivity index (χ4n) is 1.30. The van der Waals surface area contributed by atoms with E-state index in [1.54, 1.807) is 11.8 Å². The third-order valence-electron chi connectivity index (χ3n) is 1.96. The van der Waals surface area contributed by atoms with E-state index in [-0.39, 0.29) is 0 Å². The van der Waals surface area contributed by atoms with Gasteiger partial charge in [0.15, 0.2) is 0 Å². The van der Waals surface area contributed by atoms with E-state index in [0.717, 1.165) is 11.4 Å². The van der Waals surface area contributed by atoms with Gasteiger partial charge in [0.2, 0.25) is 0 Å². The lowest BCUT2D eigenvalue weighted by Gasteiger charge is -2.08. The maximum Gasteiger partial charge on any atom is 0.0259 e. The first kappa shape index (κ1) is 19.6. The average molecular weight is 267 g/mol. The van der Waals surface area contributed by atoms with Gasteiger partial charge < -0.3 is 5.32 Å². The highest BCUT2D eigenvalue weighted by molar-refractivity contribution is 8.03. The molecular formula is C16H29NS. The molecule has 0 amide bonds. The summed E-state index contributed by atoms with van der Waals surface area (Å²) >= 11 is 1.75. The molecule has 1 rings (SSSR count). The maximum atomic E-state index is 4.00. The second-order valence-electron chi connectivity index (χ2n) is 3.44. The van der Waals surface area contributed by atoms with Gasteiger partial charge in [-0.25, -0.2) is 0 Å². The minimum atomic E-state index is 0.859. The van der Waals surface area contributed by atoms with E-state index in [1.165, 1.54) is 16.0 Å². The largest absolute Gasteiger partial charge is 0.315 e. The summed E-state index contributed by atoms with van der Waals surface area (Å²) in [5.74, 6) is 0. The second kappa shape index (κ2) is 12.7. The van der Waals surface area contributed by atoms with E-state index in [9.17, 15) is 0 Å². The number of benzene rings is 1. The van der Waals surface area contributed by atoms with Crippen LogP contribution in [0.2, 0.25) is 0 Å². The van der Waals surface area contributed by atoms with Crippen LogP contribution in [-0.4, -0.2) is 13.6 Å². The van der Waals surface area contributed by atoms with Crippen molar-refractivity contribution in [1.82, 2.24) is 5.32 Å². The molecule has 0 aromatic heterocycles. The van der Waals surface area contributed by atoms with E-state index in [4.69, 9.17) is 0 Å². The van der Waals surface area contributed by atoms with Crippen LogP contribution < -0.4 is 5.32 Å². The van der Waals surface area contributed by atoms with E-state index < -0.39 is 0 Å². The first-order valence-electron chi connectivity index (χ1n) is 6.71. The van der Waals surface area contributed by atoms with Crippen LogP contribution >= 0.6 is 11.8 Å². The van der Waals surface area contributed by atoms with Gasteiger partial charge in [0, 0.05) is 11.4 Å². The summed E-state index contributed by atoms with van der Waals surface area (Å²) in [6.07, 6.45) is 0. The fourth-order valence-corrected chi connectivity index (χ4v) is 2.19. The van der Waals surface area contributed by atoms with Crippen molar-refractivity contribution in [2.45, 2.75) is 46.4 Å². The van der Waals surface area contributed by atoms with Crippen LogP contribution in [0.25, 0.3) is 0 Å². The van der Waals surface area contributed by atoms with E-state index in [2.05, 4.69) is 43.9 Å². The molecule has 104 valence electrons. The van der Waals surface area contributed by atoms with Crippen LogP contribution in [0.3, 0.4) is 0 Å². The lowest BCUT2D eigenvalue weighted by molar-refractivity contribution is 0.913. The molecule has 1 aromatic rings. The number of nitrogens with one attached hydrogen (secondary N) is 1. The van der Waals surface area contributed by atoms with Crippen molar-refractivity contribution >= 4 is 11.8 Å². The van der Waals surface area contributed by atoms with Crippen LogP contribution in [0.1, 0.15) is 38.8 Å². The van der Waals surface area contributed by atoms with E-state index >= 15 is 0 Å². The minimum Gasteiger partial charge on any atom is -0.315 e. The third kappa shape index (κ3) is 8.37. The molecule has 1 aromatic carbocycles. The highest BCUT2D eigenvalue weighted by atomic mass is 32.2. The first-order chi connectivity index (χ1) is 8.63. The molecule has 0 spiro atoms. The fraction of sp³-hybridized carbons (Fsp3) is 0.500. The number of likely N-dealkylation sites (N-methyl/N-ethyl adjacent to an activating group) is 1. The Kier molecular flexibility index (Phi) is 13.9. The van der Waals surface area contributed by atoms with Gasteiger partial charge in [-0.2, -0.15) is 0 Å². The molecule has 2 heteroatoms. The molecule has 1 nitrogen and oxygen atoms in total. The van der Waals surface area contributed by atoms with Gasteiger partial charge in [0.05, 0.1) is 0 Å². The third-order valence-corrected chi connectivity index (χ3v) is 3.07. The van der Waals surface area contributed by atoms with Crippen molar-refractivity contribution in [1.29, 1.82) is 0 Å². The van der Waals surface area contributed by atoms with Gasteiger partial charge in [-0.15, -0.1) is 0 Å². The lowest BCUT2D eigenvalue weighted by Crippen LogP contribution is -2.07. The minimum absolute atomic E-state index is 0.859. The Labute approximate surface area is 118 Å². The van der Waals surface area contributed by atoms with Gasteiger partial charge >= 0.3 is 0 Å². The Hall–Kier alpha value is -0.730. The molecule has 0 aliphatic carbocycles. The lowest BCUT2D eigenvalue weighted by atomic mass is 10.2. The molecule has 0 aliphatic rings. The van der Waals surface area contributed by atoms with Crippen molar-refractivity contribution in [2.24, 2.45) is 0 Å². The molecule has 0 fully saturated rings. The summed E-state index contributed by atoms with van der Waals surface area (Å²) in [7, 11) is 1.94. The summed E-state index contributed by atoms with van der Waals surface area (Å²) in [6.45, 7) is 17.1. The van der Waals surface area contributed by atoms with E-state index in [0.29, 0.717) is 0 Å². The van der Waals surface area contributed by atoms with Crippen molar-refractivity contribution in [3.05, 3.63) is 40.8 Å². The Morgan fingerprint density at radius 2 is 1.72 bits per heavy atom. The van der Waals surface area contributed by atoms with Gasteiger partial charge in [0.1, 0.15) is 0 Å². The SMILES string of the molecule is C=C(CNC)Sc1ccc(C)cc1C.CC.CC. The zero-order valence-electron chi connectivity index (χ0n) is 13.1. The van der Waals surface area contributed by atoms with Crippen LogP contribution in [-0.2, 0) is 0 Å². The Morgan fingerprint density at radius 1 is 1.17 bits per heavy atom. The summed E-state index contributed by atoms with van der Waals surface area (Å²) in [5.41, 5.74) is 2.64. The monoisotopic (exact) mass is 267 g/mol. The van der Waals surface area contributed by atoms with Crippen LogP contribution in [0.4, 0.5) is 0 Å². The van der Waals surface area contributed by atoms with Crippen molar-refractivity contribution in [3.8, 4) is 0 Å². The molecule has 0 unspecified atom stereocenters. The molecule has 1 N–H and O–H groups in total. The number of hydrogen-bond acceptors (Lipinski definition) is 2. The summed E-state index contributed by atoms with van der Waals surface area (Å²) < 4.78 is 0. The van der Waals surface area contributed by atoms with Crippen molar-refractivity contribution in [2.75, 3.05) is 13.6 Å². The van der Waals surface area contributed by atoms with Gasteiger partial charge in [-0.1, -0.05) is 63.7 Å². The summed E-state index contributed by atoms with van der Waals surface area (Å²) in [4.78, 5) is 2.45. The second-order valence-corrected chi connectivity index (χ2v) is 4.66. The molecule has 0 aliphatic heterocycles. The van der Waals surface area contributed by atoms with Crippen LogP contribution in [0, 0.1) is 13.8 Å². The first-order valence-corrected chi connectivity index (χ1v) is 7.52. The standard InChI is InChI=1S/C12H17NS.2C2H6/c1-9-5-6-12(10(2)7-9)14-11(3)8-13-4;2*1-2/h5-7,13H,3,8H2,1-2,4H3;2*1-2H3. The quantitative estimate of drug-likeness (QED) is 0.754. The maximum absolute atomic E-state index is 4.00. The molecule has 0 saturated carbocycles. The van der Waals surface area contributed by atoms with Crippen molar-refractivity contribution in [3.63, 3.8) is 0 Å². The molecular weight excluding hydrogens is 238 g/mol. The zero-order valence-corrected chi connectivity index (χ0v) is 13.9. The van der Waals surface area contributed by atoms with Crippen LogP contribution in [0.5, 0.6) is 0 Å². The molecule has 0 heterocycles. The Balaban J connectivity index is 0. The molecule has 0 saturated heterocycles. The highest BCUT2D eigenvalue weighted by Gasteiger charge is 2.01. The van der Waals surface area contributed by atoms with Gasteiger partial charge in [-0.3, -0.25) is 0 Å². The molecule has 0 radical (unpaired) electrons. The number of aryl methyl sites for hydroxylation is 2. The predicted molar refractivity (Wildman–Crippen MR) is 87.5 cm³/mol. The van der Waals surface area contributed by atoms with Gasteiger partial charge in [0.25, 0.3) is 0 Å². The predicted octanol–water partition coefficient (Wildman–Crippen LogP) is 5.18. The number of thioether (sulfide) groups is 1. The normalized spacial score (nSPS) is 8.61. The number of rotatable bonds is 4. The number of hydrogen-bond donors (Lipinski definition) is 1. The smallest absolute Gasteiger partial charge is 0.0259 e. The average Bonchev–Trinajstić information content (AvgIpc) is 2.38. The Morgan fingerprint density at radius 3 is 2.17 bits per heavy atom. The Bertz CT molecular complexity index is 332. The molecule has 0 atom stereocenters. The summed E-state index contributed by atoms with van der Waals surface area (Å²) in [6, 6.07) is 6.51.